The third-order valence-corrected chi connectivity index (χ3v) is 2.45. The summed E-state index contributed by atoms with van der Waals surface area (Å²) < 4.78 is 0. The third-order valence-electron chi connectivity index (χ3n) is 2.45. The molecule has 0 amide bonds. The van der Waals surface area contributed by atoms with Crippen LogP contribution in [0.4, 0.5) is 0 Å². The third kappa shape index (κ3) is 4.24. The number of rotatable bonds is 2. The van der Waals surface area contributed by atoms with Crippen molar-refractivity contribution in [1.29, 1.82) is 0 Å². The molecule has 2 heterocycles. The molecule has 4 heteroatoms. The second kappa shape index (κ2) is 7.30. The van der Waals surface area contributed by atoms with E-state index < -0.39 is 0 Å². The Morgan fingerprint density at radius 3 is 2.31 bits per heavy atom. The van der Waals surface area contributed by atoms with Crippen LogP contribution in [-0.2, 0) is 6.54 Å². The van der Waals surface area contributed by atoms with Crippen LogP contribution in [0.1, 0.15) is 25.2 Å². The van der Waals surface area contributed by atoms with E-state index in [1.165, 1.54) is 5.56 Å². The largest absolute Gasteiger partial charge is 0.314 e. The highest BCUT2D eigenvalue weighted by molar-refractivity contribution is 5.04. The number of hydrogen-bond acceptors (Lipinski definition) is 4. The highest BCUT2D eigenvalue weighted by Crippen LogP contribution is 2.02. The summed E-state index contributed by atoms with van der Waals surface area (Å²) in [4.78, 5) is 10.8. The molecule has 0 aliphatic carbocycles. The number of aryl methyl sites for hydroxylation is 1. The van der Waals surface area contributed by atoms with Crippen LogP contribution in [-0.4, -0.2) is 41.0 Å². The minimum atomic E-state index is 0.842. The standard InChI is InChI=1S/C10H16N4.C2H6/c1-9-12-6-10(7-13-9)8-14-4-2-11-3-5-14;1-2/h6-7,11H,2-5,8H2,1H3;1-2H3. The van der Waals surface area contributed by atoms with Gasteiger partial charge in [-0.25, -0.2) is 9.97 Å². The normalized spacial score (nSPS) is 16.4. The highest BCUT2D eigenvalue weighted by atomic mass is 15.2. The summed E-state index contributed by atoms with van der Waals surface area (Å²) in [7, 11) is 0. The molecular weight excluding hydrogens is 200 g/mol. The summed E-state index contributed by atoms with van der Waals surface area (Å²) in [6.07, 6.45) is 3.84. The summed E-state index contributed by atoms with van der Waals surface area (Å²) in [5.41, 5.74) is 1.21. The van der Waals surface area contributed by atoms with E-state index in [1.54, 1.807) is 0 Å². The second-order valence-corrected chi connectivity index (χ2v) is 3.66. The number of aromatic nitrogens is 2. The molecule has 90 valence electrons. The molecule has 1 aliphatic rings. The Bertz CT molecular complexity index is 278. The predicted octanol–water partition coefficient (Wildman–Crippen LogP) is 1.22. The van der Waals surface area contributed by atoms with Crippen LogP contribution in [0, 0.1) is 6.92 Å². The van der Waals surface area contributed by atoms with Crippen LogP contribution in [0.25, 0.3) is 0 Å². The summed E-state index contributed by atoms with van der Waals surface area (Å²) in [5, 5.41) is 3.34. The van der Waals surface area contributed by atoms with Crippen molar-refractivity contribution in [2.75, 3.05) is 26.2 Å². The monoisotopic (exact) mass is 222 g/mol. The van der Waals surface area contributed by atoms with Gasteiger partial charge in [0.2, 0.25) is 0 Å². The minimum absolute atomic E-state index is 0.842. The van der Waals surface area contributed by atoms with Crippen LogP contribution < -0.4 is 5.32 Å². The molecule has 1 saturated heterocycles. The average Bonchev–Trinajstić information content (AvgIpc) is 2.36. The Labute approximate surface area is 98.1 Å². The molecule has 1 aromatic rings. The molecule has 0 spiro atoms. The van der Waals surface area contributed by atoms with Gasteiger partial charge >= 0.3 is 0 Å². The lowest BCUT2D eigenvalue weighted by Gasteiger charge is -2.26. The Morgan fingerprint density at radius 2 is 1.75 bits per heavy atom. The zero-order chi connectivity index (χ0) is 11.8. The quantitative estimate of drug-likeness (QED) is 0.817. The van der Waals surface area contributed by atoms with E-state index >= 15 is 0 Å². The van der Waals surface area contributed by atoms with Crippen LogP contribution in [0.2, 0.25) is 0 Å². The molecule has 0 unspecified atom stereocenters. The van der Waals surface area contributed by atoms with Crippen LogP contribution in [0.15, 0.2) is 12.4 Å². The Kier molecular flexibility index (Phi) is 5.96. The van der Waals surface area contributed by atoms with E-state index in [2.05, 4.69) is 20.2 Å². The van der Waals surface area contributed by atoms with E-state index in [-0.39, 0.29) is 0 Å². The lowest BCUT2D eigenvalue weighted by molar-refractivity contribution is 0.232. The van der Waals surface area contributed by atoms with Crippen molar-refractivity contribution in [3.63, 3.8) is 0 Å². The molecule has 0 saturated carbocycles. The maximum atomic E-state index is 4.19. The molecule has 0 atom stereocenters. The molecule has 0 bridgehead atoms. The van der Waals surface area contributed by atoms with Gasteiger partial charge < -0.3 is 5.32 Å². The first-order chi connectivity index (χ1) is 7.84. The van der Waals surface area contributed by atoms with E-state index in [1.807, 2.05) is 33.2 Å². The first-order valence-electron chi connectivity index (χ1n) is 6.05. The van der Waals surface area contributed by atoms with Crippen molar-refractivity contribution in [3.8, 4) is 0 Å². The van der Waals surface area contributed by atoms with E-state index in [0.29, 0.717) is 0 Å². The number of nitrogens with one attached hydrogen (secondary N) is 1. The molecular formula is C12H22N4. The summed E-state index contributed by atoms with van der Waals surface area (Å²) in [6.45, 7) is 11.3. The number of hydrogen-bond donors (Lipinski definition) is 1. The van der Waals surface area contributed by atoms with E-state index in [4.69, 9.17) is 0 Å². The number of nitrogens with zero attached hydrogens (tertiary/aromatic N) is 3. The molecule has 1 fully saturated rings. The summed E-state index contributed by atoms with van der Waals surface area (Å²) in [5.74, 6) is 0.842. The molecule has 2 rings (SSSR count). The molecule has 4 nitrogen and oxygen atoms in total. The zero-order valence-electron chi connectivity index (χ0n) is 10.5. The fourth-order valence-electron chi connectivity index (χ4n) is 1.63. The van der Waals surface area contributed by atoms with Gasteiger partial charge in [-0.2, -0.15) is 0 Å². The van der Waals surface area contributed by atoms with Gasteiger partial charge in [0.15, 0.2) is 0 Å². The second-order valence-electron chi connectivity index (χ2n) is 3.66. The molecule has 0 radical (unpaired) electrons. The van der Waals surface area contributed by atoms with Crippen molar-refractivity contribution in [1.82, 2.24) is 20.2 Å². The smallest absolute Gasteiger partial charge is 0.125 e. The van der Waals surface area contributed by atoms with Gasteiger partial charge in [-0.3, -0.25) is 4.90 Å². The topological polar surface area (TPSA) is 41.1 Å². The van der Waals surface area contributed by atoms with Crippen molar-refractivity contribution < 1.29 is 0 Å². The van der Waals surface area contributed by atoms with Crippen LogP contribution >= 0.6 is 0 Å². The Balaban J connectivity index is 0.000000606. The first kappa shape index (κ1) is 13.1. The Hall–Kier alpha value is -1.00. The fraction of sp³-hybridized carbons (Fsp3) is 0.667. The van der Waals surface area contributed by atoms with Gasteiger partial charge in [-0.05, 0) is 6.92 Å². The maximum absolute atomic E-state index is 4.19. The summed E-state index contributed by atoms with van der Waals surface area (Å²) >= 11 is 0. The fourth-order valence-corrected chi connectivity index (χ4v) is 1.63. The molecule has 1 aromatic heterocycles. The van der Waals surface area contributed by atoms with Crippen LogP contribution in [0.5, 0.6) is 0 Å². The lowest BCUT2D eigenvalue weighted by atomic mass is 10.3. The van der Waals surface area contributed by atoms with Crippen LogP contribution in [0.3, 0.4) is 0 Å². The van der Waals surface area contributed by atoms with Crippen molar-refractivity contribution in [3.05, 3.63) is 23.8 Å². The van der Waals surface area contributed by atoms with Crippen molar-refractivity contribution in [2.24, 2.45) is 0 Å². The first-order valence-corrected chi connectivity index (χ1v) is 6.05. The van der Waals surface area contributed by atoms with Crippen molar-refractivity contribution in [2.45, 2.75) is 27.3 Å². The number of piperazine rings is 1. The highest BCUT2D eigenvalue weighted by Gasteiger charge is 2.09. The van der Waals surface area contributed by atoms with E-state index in [9.17, 15) is 0 Å². The van der Waals surface area contributed by atoms with Crippen molar-refractivity contribution >= 4 is 0 Å². The minimum Gasteiger partial charge on any atom is -0.314 e. The lowest BCUT2D eigenvalue weighted by Crippen LogP contribution is -2.42. The average molecular weight is 222 g/mol. The van der Waals surface area contributed by atoms with Gasteiger partial charge in [-0.15, -0.1) is 0 Å². The van der Waals surface area contributed by atoms with Gasteiger partial charge in [0.05, 0.1) is 0 Å². The SMILES string of the molecule is CC.Cc1ncc(CN2CCNCC2)cn1. The van der Waals surface area contributed by atoms with Gasteiger partial charge in [0.25, 0.3) is 0 Å². The zero-order valence-corrected chi connectivity index (χ0v) is 10.5. The molecule has 16 heavy (non-hydrogen) atoms. The molecule has 0 aromatic carbocycles. The predicted molar refractivity (Wildman–Crippen MR) is 66.3 cm³/mol. The summed E-state index contributed by atoms with van der Waals surface area (Å²) in [6, 6.07) is 0. The molecule has 1 aliphatic heterocycles. The van der Waals surface area contributed by atoms with E-state index in [0.717, 1.165) is 38.5 Å². The maximum Gasteiger partial charge on any atom is 0.125 e. The van der Waals surface area contributed by atoms with Gasteiger partial charge in [0.1, 0.15) is 5.82 Å². The Morgan fingerprint density at radius 1 is 1.19 bits per heavy atom. The van der Waals surface area contributed by atoms with Gasteiger partial charge in [-0.1, -0.05) is 13.8 Å². The van der Waals surface area contributed by atoms with Gasteiger partial charge in [0, 0.05) is 50.7 Å². The molecule has 1 N–H and O–H groups in total.